The number of aromatic nitrogens is 3. The highest BCUT2D eigenvalue weighted by molar-refractivity contribution is 5.80. The molecule has 1 atom stereocenters. The molecule has 0 saturated heterocycles. The van der Waals surface area contributed by atoms with E-state index in [1.165, 1.54) is 16.7 Å². The van der Waals surface area contributed by atoms with Crippen molar-refractivity contribution < 1.29 is 0 Å². The van der Waals surface area contributed by atoms with Gasteiger partial charge in [-0.2, -0.15) is 0 Å². The average molecular weight is 483 g/mol. The van der Waals surface area contributed by atoms with Gasteiger partial charge in [0, 0.05) is 72.4 Å². The van der Waals surface area contributed by atoms with E-state index in [9.17, 15) is 4.79 Å². The van der Waals surface area contributed by atoms with Crippen LogP contribution in [-0.4, -0.2) is 37.2 Å². The Balaban J connectivity index is 1.45. The molecule has 7 heteroatoms. The summed E-state index contributed by atoms with van der Waals surface area (Å²) < 4.78 is 1.59. The van der Waals surface area contributed by atoms with Crippen molar-refractivity contribution in [3.63, 3.8) is 0 Å². The summed E-state index contributed by atoms with van der Waals surface area (Å²) >= 11 is 0. The molecular formula is C29H34N6O. The first-order valence-corrected chi connectivity index (χ1v) is 12.6. The topological polar surface area (TPSA) is 66.3 Å². The van der Waals surface area contributed by atoms with Crippen LogP contribution in [0.3, 0.4) is 0 Å². The van der Waals surface area contributed by atoms with Gasteiger partial charge in [0.05, 0.1) is 0 Å². The SMILES string of the molecule is C=C1C=C(C)C(c2cnc3c(c2)CN(C2Nn4c(nc(C)cc4=O)C(C)=C2C)CC3)=CN1/C=C\CC. The highest BCUT2D eigenvalue weighted by atomic mass is 16.1. The van der Waals surface area contributed by atoms with E-state index in [1.807, 2.05) is 13.1 Å². The molecule has 0 bridgehead atoms. The number of pyridine rings is 1. The summed E-state index contributed by atoms with van der Waals surface area (Å²) in [6.07, 6.45) is 12.2. The summed E-state index contributed by atoms with van der Waals surface area (Å²) in [5, 5.41) is 0. The van der Waals surface area contributed by atoms with Gasteiger partial charge in [-0.3, -0.25) is 20.1 Å². The Kier molecular flexibility index (Phi) is 6.26. The van der Waals surface area contributed by atoms with Crippen molar-refractivity contribution in [3.05, 3.63) is 105 Å². The maximum atomic E-state index is 12.7. The number of allylic oxidation sites excluding steroid dienone is 5. The van der Waals surface area contributed by atoms with Crippen molar-refractivity contribution >= 4 is 11.1 Å². The van der Waals surface area contributed by atoms with Crippen LogP contribution < -0.4 is 11.0 Å². The van der Waals surface area contributed by atoms with Gasteiger partial charge in [-0.05, 0) is 68.5 Å². The van der Waals surface area contributed by atoms with Crippen LogP contribution in [0.25, 0.3) is 11.1 Å². The highest BCUT2D eigenvalue weighted by Crippen LogP contribution is 2.33. The molecule has 0 amide bonds. The minimum atomic E-state index is -0.0787. The molecule has 1 N–H and O–H groups in total. The molecule has 36 heavy (non-hydrogen) atoms. The van der Waals surface area contributed by atoms with Crippen molar-refractivity contribution in [2.24, 2.45) is 0 Å². The number of hydrogen-bond donors (Lipinski definition) is 1. The first-order chi connectivity index (χ1) is 17.3. The van der Waals surface area contributed by atoms with Crippen LogP contribution in [0.15, 0.2) is 71.1 Å². The summed E-state index contributed by atoms with van der Waals surface area (Å²) in [5.41, 5.74) is 13.1. The third-order valence-corrected chi connectivity index (χ3v) is 7.29. The van der Waals surface area contributed by atoms with E-state index < -0.39 is 0 Å². The van der Waals surface area contributed by atoms with Crippen molar-refractivity contribution in [2.45, 2.75) is 60.2 Å². The lowest BCUT2D eigenvalue weighted by atomic mass is 9.94. The summed E-state index contributed by atoms with van der Waals surface area (Å²) in [4.78, 5) is 26.6. The summed E-state index contributed by atoms with van der Waals surface area (Å²) in [6.45, 7) is 16.1. The van der Waals surface area contributed by atoms with Gasteiger partial charge in [-0.25, -0.2) is 9.66 Å². The van der Waals surface area contributed by atoms with Gasteiger partial charge in [0.1, 0.15) is 6.17 Å². The van der Waals surface area contributed by atoms with Gasteiger partial charge in [0.25, 0.3) is 5.56 Å². The van der Waals surface area contributed by atoms with Crippen LogP contribution >= 0.6 is 0 Å². The van der Waals surface area contributed by atoms with Crippen molar-refractivity contribution in [3.8, 4) is 0 Å². The summed E-state index contributed by atoms with van der Waals surface area (Å²) in [5.74, 6) is 0.699. The lowest BCUT2D eigenvalue weighted by Gasteiger charge is -2.40. The third kappa shape index (κ3) is 4.24. The van der Waals surface area contributed by atoms with E-state index in [4.69, 9.17) is 4.98 Å². The smallest absolute Gasteiger partial charge is 0.272 e. The monoisotopic (exact) mass is 482 g/mol. The van der Waals surface area contributed by atoms with Gasteiger partial charge in [0.15, 0.2) is 5.82 Å². The number of aryl methyl sites for hydroxylation is 1. The molecule has 3 aliphatic heterocycles. The zero-order chi connectivity index (χ0) is 25.6. The van der Waals surface area contributed by atoms with Crippen LogP contribution in [0.1, 0.15) is 62.5 Å². The van der Waals surface area contributed by atoms with Crippen molar-refractivity contribution in [1.29, 1.82) is 0 Å². The molecule has 3 aliphatic rings. The fraction of sp³-hybridized carbons (Fsp3) is 0.345. The quantitative estimate of drug-likeness (QED) is 0.680. The van der Waals surface area contributed by atoms with E-state index >= 15 is 0 Å². The van der Waals surface area contributed by atoms with Crippen LogP contribution in [-0.2, 0) is 13.0 Å². The van der Waals surface area contributed by atoms with Crippen molar-refractivity contribution in [2.75, 3.05) is 12.0 Å². The molecular weight excluding hydrogens is 448 g/mol. The number of nitrogens with one attached hydrogen (secondary N) is 1. The second-order valence-electron chi connectivity index (χ2n) is 9.85. The minimum Gasteiger partial charge on any atom is -0.324 e. The zero-order valence-corrected chi connectivity index (χ0v) is 21.8. The van der Waals surface area contributed by atoms with E-state index in [0.29, 0.717) is 5.82 Å². The molecule has 0 aromatic carbocycles. The molecule has 0 spiro atoms. The summed E-state index contributed by atoms with van der Waals surface area (Å²) in [6, 6.07) is 3.85. The predicted molar refractivity (Wildman–Crippen MR) is 145 cm³/mol. The normalized spacial score (nSPS) is 20.2. The Morgan fingerprint density at radius 1 is 1.22 bits per heavy atom. The number of fused-ring (bicyclic) bond motifs is 2. The number of nitrogens with zero attached hydrogens (tertiary/aromatic N) is 5. The third-order valence-electron chi connectivity index (χ3n) is 7.29. The fourth-order valence-electron chi connectivity index (χ4n) is 5.13. The van der Waals surface area contributed by atoms with Crippen LogP contribution in [0.5, 0.6) is 0 Å². The first-order valence-electron chi connectivity index (χ1n) is 12.6. The Morgan fingerprint density at radius 2 is 2.03 bits per heavy atom. The molecule has 186 valence electrons. The van der Waals surface area contributed by atoms with Gasteiger partial charge >= 0.3 is 0 Å². The van der Waals surface area contributed by atoms with Gasteiger partial charge < -0.3 is 4.90 Å². The lowest BCUT2D eigenvalue weighted by Crippen LogP contribution is -2.52. The van der Waals surface area contributed by atoms with Crippen LogP contribution in [0, 0.1) is 6.92 Å². The Hall–Kier alpha value is -3.71. The fourth-order valence-corrected chi connectivity index (χ4v) is 5.13. The van der Waals surface area contributed by atoms with Gasteiger partial charge in [-0.1, -0.05) is 19.6 Å². The maximum Gasteiger partial charge on any atom is 0.272 e. The lowest BCUT2D eigenvalue weighted by molar-refractivity contribution is 0.204. The minimum absolute atomic E-state index is 0.0783. The number of hydrogen-bond acceptors (Lipinski definition) is 6. The maximum absolute atomic E-state index is 12.7. The molecule has 2 aromatic heterocycles. The molecule has 0 radical (unpaired) electrons. The van der Waals surface area contributed by atoms with Gasteiger partial charge in [-0.15, -0.1) is 0 Å². The highest BCUT2D eigenvalue weighted by Gasteiger charge is 2.31. The second-order valence-corrected chi connectivity index (χ2v) is 9.85. The van der Waals surface area contributed by atoms with E-state index in [1.54, 1.807) is 10.7 Å². The van der Waals surface area contributed by atoms with E-state index in [2.05, 4.69) is 85.1 Å². The largest absolute Gasteiger partial charge is 0.324 e. The molecule has 5 heterocycles. The first kappa shape index (κ1) is 24.0. The molecule has 0 aliphatic carbocycles. The molecule has 0 fully saturated rings. The Morgan fingerprint density at radius 3 is 2.81 bits per heavy atom. The zero-order valence-electron chi connectivity index (χ0n) is 21.8. The van der Waals surface area contributed by atoms with Crippen LogP contribution in [0.2, 0.25) is 0 Å². The molecule has 0 saturated carbocycles. The molecule has 5 rings (SSSR count). The standard InChI is InChI=1S/C29H34N6O/c1-7-8-10-33-17-25(18(2)12-20(33)4)23-14-24-16-34(11-9-26(24)30-15-23)29-22(6)21(5)28-31-19(3)13-27(36)35(28)32-29/h8,10,12-15,17,29,32H,4,7,9,11,16H2,1-3,5-6H3/b10-8-. The second kappa shape index (κ2) is 9.39. The van der Waals surface area contributed by atoms with E-state index in [0.717, 1.165) is 59.7 Å². The Bertz CT molecular complexity index is 1420. The predicted octanol–water partition coefficient (Wildman–Crippen LogP) is 4.72. The van der Waals surface area contributed by atoms with E-state index in [-0.39, 0.29) is 11.7 Å². The Labute approximate surface area is 212 Å². The summed E-state index contributed by atoms with van der Waals surface area (Å²) in [7, 11) is 0. The molecule has 2 aromatic rings. The molecule has 1 unspecified atom stereocenters. The molecule has 7 nitrogen and oxygen atoms in total. The van der Waals surface area contributed by atoms with Crippen molar-refractivity contribution in [1.82, 2.24) is 24.4 Å². The van der Waals surface area contributed by atoms with Gasteiger partial charge in [0.2, 0.25) is 0 Å². The average Bonchev–Trinajstić information content (AvgIpc) is 2.85. The van der Waals surface area contributed by atoms with Crippen LogP contribution in [0.4, 0.5) is 0 Å². The number of rotatable bonds is 4.